The third kappa shape index (κ3) is 2.49. The highest BCUT2D eigenvalue weighted by molar-refractivity contribution is 5.93. The first-order chi connectivity index (χ1) is 9.95. The molecular formula is C14H9F3N4. The van der Waals surface area contributed by atoms with Crippen LogP contribution >= 0.6 is 0 Å². The summed E-state index contributed by atoms with van der Waals surface area (Å²) in [7, 11) is 0. The topological polar surface area (TPSA) is 64.7 Å². The molecule has 0 amide bonds. The van der Waals surface area contributed by atoms with Crippen LogP contribution in [0, 0.1) is 0 Å². The Morgan fingerprint density at radius 2 is 1.67 bits per heavy atom. The molecular weight excluding hydrogens is 281 g/mol. The normalized spacial score (nSPS) is 11.8. The highest BCUT2D eigenvalue weighted by Crippen LogP contribution is 2.33. The van der Waals surface area contributed by atoms with E-state index in [9.17, 15) is 13.2 Å². The smallest absolute Gasteiger partial charge is 0.368 e. The second-order valence-electron chi connectivity index (χ2n) is 4.40. The number of aromatic nitrogens is 3. The molecule has 0 fully saturated rings. The molecule has 0 spiro atoms. The lowest BCUT2D eigenvalue weighted by Gasteiger charge is -2.10. The number of nitrogens with zero attached hydrogens (tertiary/aromatic N) is 3. The molecule has 0 aliphatic carbocycles. The van der Waals surface area contributed by atoms with Crippen molar-refractivity contribution in [1.82, 2.24) is 15.0 Å². The summed E-state index contributed by atoms with van der Waals surface area (Å²) in [6.45, 7) is 0. The van der Waals surface area contributed by atoms with Crippen molar-refractivity contribution >= 4 is 16.9 Å². The van der Waals surface area contributed by atoms with Crippen LogP contribution in [0.1, 0.15) is 5.56 Å². The molecule has 0 aliphatic heterocycles. The molecule has 2 N–H and O–H groups in total. The second-order valence-corrected chi connectivity index (χ2v) is 4.40. The van der Waals surface area contributed by atoms with Crippen molar-refractivity contribution < 1.29 is 13.2 Å². The van der Waals surface area contributed by atoms with E-state index in [1.54, 1.807) is 24.5 Å². The Bertz CT molecular complexity index is 800. The molecule has 7 heteroatoms. The highest BCUT2D eigenvalue weighted by Gasteiger charge is 2.30. The molecule has 0 unspecified atom stereocenters. The number of hydrogen-bond donors (Lipinski definition) is 1. The van der Waals surface area contributed by atoms with Gasteiger partial charge in [-0.25, -0.2) is 9.97 Å². The van der Waals surface area contributed by atoms with E-state index in [0.29, 0.717) is 16.6 Å². The zero-order chi connectivity index (χ0) is 15.0. The van der Waals surface area contributed by atoms with Crippen molar-refractivity contribution in [3.05, 3.63) is 48.3 Å². The minimum atomic E-state index is -4.43. The van der Waals surface area contributed by atoms with Gasteiger partial charge in [0.2, 0.25) is 5.95 Å². The van der Waals surface area contributed by atoms with Crippen LogP contribution in [0.3, 0.4) is 0 Å². The van der Waals surface area contributed by atoms with Crippen molar-refractivity contribution in [1.29, 1.82) is 0 Å². The number of rotatable bonds is 1. The number of fused-ring (bicyclic) bond motifs is 1. The molecule has 106 valence electrons. The van der Waals surface area contributed by atoms with Gasteiger partial charge in [-0.2, -0.15) is 13.2 Å². The predicted octanol–water partition coefficient (Wildman–Crippen LogP) is 3.29. The Morgan fingerprint density at radius 1 is 0.952 bits per heavy atom. The molecule has 1 aromatic carbocycles. The maximum Gasteiger partial charge on any atom is 0.416 e. The van der Waals surface area contributed by atoms with E-state index in [0.717, 1.165) is 12.1 Å². The standard InChI is InChI=1S/C14H9F3N4/c15-14(16,17)9-1-2-10-11(7-9)20-13(18)21-12(10)8-3-5-19-6-4-8/h1-7H,(H2,18,20,21). The van der Waals surface area contributed by atoms with Crippen LogP contribution in [0.4, 0.5) is 19.1 Å². The number of alkyl halides is 3. The average Bonchev–Trinajstić information content (AvgIpc) is 2.45. The molecule has 0 saturated heterocycles. The van der Waals surface area contributed by atoms with Gasteiger partial charge in [0.15, 0.2) is 0 Å². The van der Waals surface area contributed by atoms with Gasteiger partial charge in [-0.05, 0) is 24.3 Å². The Labute approximate surface area is 117 Å². The lowest BCUT2D eigenvalue weighted by Crippen LogP contribution is -2.05. The van der Waals surface area contributed by atoms with Crippen LogP contribution in [-0.2, 0) is 6.18 Å². The van der Waals surface area contributed by atoms with Crippen molar-refractivity contribution in [2.24, 2.45) is 0 Å². The van der Waals surface area contributed by atoms with E-state index in [4.69, 9.17) is 5.73 Å². The molecule has 0 saturated carbocycles. The molecule has 0 bridgehead atoms. The van der Waals surface area contributed by atoms with Crippen LogP contribution in [0.15, 0.2) is 42.7 Å². The maximum absolute atomic E-state index is 12.8. The molecule has 0 radical (unpaired) electrons. The zero-order valence-electron chi connectivity index (χ0n) is 10.6. The molecule has 3 rings (SSSR count). The monoisotopic (exact) mass is 290 g/mol. The van der Waals surface area contributed by atoms with Crippen LogP contribution in [0.2, 0.25) is 0 Å². The van der Waals surface area contributed by atoms with E-state index < -0.39 is 11.7 Å². The lowest BCUT2D eigenvalue weighted by molar-refractivity contribution is -0.137. The third-order valence-electron chi connectivity index (χ3n) is 3.00. The summed E-state index contributed by atoms with van der Waals surface area (Å²) in [6.07, 6.45) is -1.28. The van der Waals surface area contributed by atoms with Crippen molar-refractivity contribution in [3.63, 3.8) is 0 Å². The van der Waals surface area contributed by atoms with Crippen LogP contribution in [0.5, 0.6) is 0 Å². The first kappa shape index (κ1) is 13.3. The molecule has 2 heterocycles. The second kappa shape index (κ2) is 4.69. The van der Waals surface area contributed by atoms with E-state index in [2.05, 4.69) is 15.0 Å². The van der Waals surface area contributed by atoms with Gasteiger partial charge in [-0.15, -0.1) is 0 Å². The first-order valence-electron chi connectivity index (χ1n) is 6.00. The fourth-order valence-electron chi connectivity index (χ4n) is 2.05. The quantitative estimate of drug-likeness (QED) is 0.747. The van der Waals surface area contributed by atoms with Gasteiger partial charge < -0.3 is 5.73 Å². The Hall–Kier alpha value is -2.70. The lowest BCUT2D eigenvalue weighted by atomic mass is 10.1. The number of benzene rings is 1. The number of pyridine rings is 1. The summed E-state index contributed by atoms with van der Waals surface area (Å²) in [5.41, 5.74) is 6.18. The summed E-state index contributed by atoms with van der Waals surface area (Å²) in [6, 6.07) is 6.75. The average molecular weight is 290 g/mol. The number of hydrogen-bond acceptors (Lipinski definition) is 4. The molecule has 21 heavy (non-hydrogen) atoms. The number of nitrogens with two attached hydrogens (primary N) is 1. The predicted molar refractivity (Wildman–Crippen MR) is 72.2 cm³/mol. The van der Waals surface area contributed by atoms with E-state index >= 15 is 0 Å². The number of anilines is 1. The summed E-state index contributed by atoms with van der Waals surface area (Å²) >= 11 is 0. The molecule has 3 aromatic rings. The van der Waals surface area contributed by atoms with Crippen LogP contribution < -0.4 is 5.73 Å². The third-order valence-corrected chi connectivity index (χ3v) is 3.00. The van der Waals surface area contributed by atoms with Gasteiger partial charge in [0.1, 0.15) is 0 Å². The Morgan fingerprint density at radius 3 is 2.33 bits per heavy atom. The van der Waals surface area contributed by atoms with E-state index in [1.807, 2.05) is 0 Å². The molecule has 4 nitrogen and oxygen atoms in total. The number of halogens is 3. The SMILES string of the molecule is Nc1nc(-c2ccncc2)c2ccc(C(F)(F)F)cc2n1. The fraction of sp³-hybridized carbons (Fsp3) is 0.0714. The maximum atomic E-state index is 12.8. The minimum Gasteiger partial charge on any atom is -0.368 e. The summed E-state index contributed by atoms with van der Waals surface area (Å²) in [5.74, 6) is -0.0753. The van der Waals surface area contributed by atoms with Gasteiger partial charge in [-0.3, -0.25) is 4.98 Å². The van der Waals surface area contributed by atoms with Crippen LogP contribution in [-0.4, -0.2) is 15.0 Å². The van der Waals surface area contributed by atoms with Gasteiger partial charge in [0.25, 0.3) is 0 Å². The van der Waals surface area contributed by atoms with Gasteiger partial charge >= 0.3 is 6.18 Å². The molecule has 0 atom stereocenters. The summed E-state index contributed by atoms with van der Waals surface area (Å²) in [5, 5.41) is 0.503. The van der Waals surface area contributed by atoms with E-state index in [-0.39, 0.29) is 11.5 Å². The molecule has 0 aliphatic rings. The van der Waals surface area contributed by atoms with E-state index in [1.165, 1.54) is 6.07 Å². The zero-order valence-corrected chi connectivity index (χ0v) is 10.6. The Kier molecular flexibility index (Phi) is 2.97. The minimum absolute atomic E-state index is 0.0753. The van der Waals surface area contributed by atoms with Gasteiger partial charge in [0, 0.05) is 23.3 Å². The highest BCUT2D eigenvalue weighted by atomic mass is 19.4. The number of nitrogen functional groups attached to an aromatic ring is 1. The summed E-state index contributed by atoms with van der Waals surface area (Å²) in [4.78, 5) is 11.9. The van der Waals surface area contributed by atoms with Crippen molar-refractivity contribution in [2.75, 3.05) is 5.73 Å². The van der Waals surface area contributed by atoms with Gasteiger partial charge in [0.05, 0.1) is 16.8 Å². The summed E-state index contributed by atoms with van der Waals surface area (Å²) < 4.78 is 38.3. The van der Waals surface area contributed by atoms with Gasteiger partial charge in [-0.1, -0.05) is 6.07 Å². The molecule has 2 aromatic heterocycles. The van der Waals surface area contributed by atoms with Crippen LogP contribution in [0.25, 0.3) is 22.2 Å². The Balaban J connectivity index is 2.28. The first-order valence-corrected chi connectivity index (χ1v) is 6.00. The largest absolute Gasteiger partial charge is 0.416 e. The van der Waals surface area contributed by atoms with Crippen molar-refractivity contribution in [3.8, 4) is 11.3 Å². The van der Waals surface area contributed by atoms with Crippen molar-refractivity contribution in [2.45, 2.75) is 6.18 Å². The fourth-order valence-corrected chi connectivity index (χ4v) is 2.05.